The third kappa shape index (κ3) is 4.97. The summed E-state index contributed by atoms with van der Waals surface area (Å²) >= 11 is 0. The van der Waals surface area contributed by atoms with Gasteiger partial charge < -0.3 is 9.47 Å². The second-order valence-electron chi connectivity index (χ2n) is 4.98. The lowest BCUT2D eigenvalue weighted by Gasteiger charge is -2.11. The van der Waals surface area contributed by atoms with E-state index in [4.69, 9.17) is 4.74 Å². The molecule has 0 spiro atoms. The van der Waals surface area contributed by atoms with Crippen LogP contribution in [0.5, 0.6) is 11.5 Å². The second kappa shape index (κ2) is 7.33. The van der Waals surface area contributed by atoms with Crippen LogP contribution < -0.4 is 9.47 Å². The number of rotatable bonds is 5. The van der Waals surface area contributed by atoms with Crippen molar-refractivity contribution in [3.8, 4) is 11.5 Å². The highest BCUT2D eigenvalue weighted by molar-refractivity contribution is 5.91. The maximum Gasteiger partial charge on any atom is 0.573 e. The summed E-state index contributed by atoms with van der Waals surface area (Å²) in [6, 6.07) is 9.13. The van der Waals surface area contributed by atoms with Gasteiger partial charge in [-0.3, -0.25) is 0 Å². The Morgan fingerprint density at radius 3 is 2.29 bits per heavy atom. The molecule has 0 aromatic heterocycles. The molecule has 2 aromatic carbocycles. The number of aryl methyl sites for hydroxylation is 1. The van der Waals surface area contributed by atoms with Crippen molar-refractivity contribution in [3.05, 3.63) is 59.4 Å². The molecule has 2 aromatic rings. The standard InChI is InChI=1S/C17H14F4O3/c1-2-3-11-4-6-12(7-5-11)16(22)23-13-8-9-15(14(18)10-13)24-17(19,20)21/h4-10H,2-3H2,1H3. The summed E-state index contributed by atoms with van der Waals surface area (Å²) in [5.74, 6) is -3.23. The van der Waals surface area contributed by atoms with E-state index in [-0.39, 0.29) is 11.3 Å². The van der Waals surface area contributed by atoms with Gasteiger partial charge in [0.15, 0.2) is 11.6 Å². The van der Waals surface area contributed by atoms with E-state index in [0.717, 1.165) is 30.5 Å². The molecule has 7 heteroatoms. The fraction of sp³-hybridized carbons (Fsp3) is 0.235. The number of carbonyl (C=O) groups is 1. The first-order valence-electron chi connectivity index (χ1n) is 7.15. The van der Waals surface area contributed by atoms with Crippen LogP contribution in [0.3, 0.4) is 0 Å². The van der Waals surface area contributed by atoms with Crippen LogP contribution >= 0.6 is 0 Å². The maximum atomic E-state index is 13.6. The van der Waals surface area contributed by atoms with Gasteiger partial charge in [-0.1, -0.05) is 25.5 Å². The van der Waals surface area contributed by atoms with Gasteiger partial charge in [0.2, 0.25) is 0 Å². The Labute approximate surface area is 135 Å². The van der Waals surface area contributed by atoms with Crippen molar-refractivity contribution in [3.63, 3.8) is 0 Å². The molecule has 0 bridgehead atoms. The summed E-state index contributed by atoms with van der Waals surface area (Å²) in [6.45, 7) is 2.03. The summed E-state index contributed by atoms with van der Waals surface area (Å²) in [6.07, 6.45) is -3.16. The topological polar surface area (TPSA) is 35.5 Å². The van der Waals surface area contributed by atoms with Gasteiger partial charge in [-0.05, 0) is 36.2 Å². The molecule has 0 saturated carbocycles. The Hall–Kier alpha value is -2.57. The van der Waals surface area contributed by atoms with Gasteiger partial charge in [0.05, 0.1) is 5.56 Å². The van der Waals surface area contributed by atoms with Crippen molar-refractivity contribution < 1.29 is 31.8 Å². The largest absolute Gasteiger partial charge is 0.573 e. The first kappa shape index (κ1) is 17.8. The van der Waals surface area contributed by atoms with E-state index in [2.05, 4.69) is 4.74 Å². The van der Waals surface area contributed by atoms with Gasteiger partial charge in [0.1, 0.15) is 5.75 Å². The van der Waals surface area contributed by atoms with Crippen LogP contribution in [0.15, 0.2) is 42.5 Å². The zero-order valence-electron chi connectivity index (χ0n) is 12.7. The van der Waals surface area contributed by atoms with E-state index >= 15 is 0 Å². The Balaban J connectivity index is 2.07. The van der Waals surface area contributed by atoms with Crippen molar-refractivity contribution in [1.82, 2.24) is 0 Å². The molecule has 0 aliphatic rings. The highest BCUT2D eigenvalue weighted by atomic mass is 19.4. The number of benzene rings is 2. The Kier molecular flexibility index (Phi) is 5.43. The molecule has 3 nitrogen and oxygen atoms in total. The van der Waals surface area contributed by atoms with Crippen LogP contribution in [-0.4, -0.2) is 12.3 Å². The molecule has 0 radical (unpaired) electrons. The molecule has 128 valence electrons. The minimum atomic E-state index is -5.00. The lowest BCUT2D eigenvalue weighted by atomic mass is 10.1. The molecule has 0 aliphatic carbocycles. The second-order valence-corrected chi connectivity index (χ2v) is 4.98. The summed E-state index contributed by atoms with van der Waals surface area (Å²) < 4.78 is 58.2. The van der Waals surface area contributed by atoms with Crippen molar-refractivity contribution in [2.75, 3.05) is 0 Å². The summed E-state index contributed by atoms with van der Waals surface area (Å²) in [5.41, 5.74) is 1.32. The predicted octanol–water partition coefficient (Wildman–Crippen LogP) is 4.90. The van der Waals surface area contributed by atoms with E-state index in [9.17, 15) is 22.4 Å². The van der Waals surface area contributed by atoms with Crippen LogP contribution in [0.25, 0.3) is 0 Å². The summed E-state index contributed by atoms with van der Waals surface area (Å²) in [5, 5.41) is 0. The van der Waals surface area contributed by atoms with E-state index in [0.29, 0.717) is 6.07 Å². The number of halogens is 4. The molecule has 0 fully saturated rings. The number of esters is 1. The molecule has 0 amide bonds. The Bertz CT molecular complexity index is 709. The van der Waals surface area contributed by atoms with E-state index in [1.165, 1.54) is 0 Å². The third-order valence-corrected chi connectivity index (χ3v) is 3.07. The van der Waals surface area contributed by atoms with Gasteiger partial charge in [0, 0.05) is 6.07 Å². The lowest BCUT2D eigenvalue weighted by Crippen LogP contribution is -2.18. The van der Waals surface area contributed by atoms with Gasteiger partial charge >= 0.3 is 12.3 Å². The average molecular weight is 342 g/mol. The summed E-state index contributed by atoms with van der Waals surface area (Å²) in [7, 11) is 0. The fourth-order valence-corrected chi connectivity index (χ4v) is 2.01. The van der Waals surface area contributed by atoms with E-state index in [1.54, 1.807) is 24.3 Å². The number of alkyl halides is 3. The number of ether oxygens (including phenoxy) is 2. The van der Waals surface area contributed by atoms with Crippen LogP contribution in [0.4, 0.5) is 17.6 Å². The van der Waals surface area contributed by atoms with Gasteiger partial charge in [0.25, 0.3) is 0 Å². The zero-order valence-corrected chi connectivity index (χ0v) is 12.7. The van der Waals surface area contributed by atoms with Crippen LogP contribution in [0.2, 0.25) is 0 Å². The first-order chi connectivity index (χ1) is 11.3. The highest BCUT2D eigenvalue weighted by Crippen LogP contribution is 2.28. The molecular formula is C17H14F4O3. The Morgan fingerprint density at radius 1 is 1.08 bits per heavy atom. The zero-order chi connectivity index (χ0) is 17.7. The van der Waals surface area contributed by atoms with Crippen molar-refractivity contribution in [2.45, 2.75) is 26.1 Å². The summed E-state index contributed by atoms with van der Waals surface area (Å²) in [4.78, 5) is 12.0. The minimum absolute atomic E-state index is 0.218. The average Bonchev–Trinajstić information content (AvgIpc) is 2.50. The predicted molar refractivity (Wildman–Crippen MR) is 78.5 cm³/mol. The quantitative estimate of drug-likeness (QED) is 0.441. The monoisotopic (exact) mass is 342 g/mol. The highest BCUT2D eigenvalue weighted by Gasteiger charge is 2.32. The van der Waals surface area contributed by atoms with Gasteiger partial charge in [-0.2, -0.15) is 0 Å². The molecule has 0 atom stereocenters. The molecule has 0 unspecified atom stereocenters. The van der Waals surface area contributed by atoms with E-state index in [1.807, 2.05) is 6.92 Å². The number of carbonyl (C=O) groups excluding carboxylic acids is 1. The SMILES string of the molecule is CCCc1ccc(C(=O)Oc2ccc(OC(F)(F)F)c(F)c2)cc1. The van der Waals surface area contributed by atoms with Crippen molar-refractivity contribution in [2.24, 2.45) is 0 Å². The molecule has 24 heavy (non-hydrogen) atoms. The lowest BCUT2D eigenvalue weighted by molar-refractivity contribution is -0.275. The number of hydrogen-bond acceptors (Lipinski definition) is 3. The molecule has 0 saturated heterocycles. The smallest absolute Gasteiger partial charge is 0.423 e. The molecule has 0 N–H and O–H groups in total. The molecule has 2 rings (SSSR count). The first-order valence-corrected chi connectivity index (χ1v) is 7.15. The fourth-order valence-electron chi connectivity index (χ4n) is 2.01. The Morgan fingerprint density at radius 2 is 1.75 bits per heavy atom. The van der Waals surface area contributed by atoms with Gasteiger partial charge in [-0.15, -0.1) is 13.2 Å². The third-order valence-electron chi connectivity index (χ3n) is 3.07. The number of hydrogen-bond donors (Lipinski definition) is 0. The minimum Gasteiger partial charge on any atom is -0.423 e. The molecule has 0 aliphatic heterocycles. The normalized spacial score (nSPS) is 11.2. The molecule has 0 heterocycles. The van der Waals surface area contributed by atoms with Crippen LogP contribution in [0, 0.1) is 5.82 Å². The van der Waals surface area contributed by atoms with Gasteiger partial charge in [-0.25, -0.2) is 9.18 Å². The van der Waals surface area contributed by atoms with Crippen molar-refractivity contribution in [1.29, 1.82) is 0 Å². The van der Waals surface area contributed by atoms with Crippen LogP contribution in [-0.2, 0) is 6.42 Å². The maximum absolute atomic E-state index is 13.6. The van der Waals surface area contributed by atoms with Crippen molar-refractivity contribution >= 4 is 5.97 Å². The van der Waals surface area contributed by atoms with E-state index < -0.39 is 23.9 Å². The van der Waals surface area contributed by atoms with Crippen LogP contribution in [0.1, 0.15) is 29.3 Å². The molecular weight excluding hydrogens is 328 g/mol.